The predicted octanol–water partition coefficient (Wildman–Crippen LogP) is 3.24. The highest BCUT2D eigenvalue weighted by Crippen LogP contribution is 2.47. The molecule has 26 heavy (non-hydrogen) atoms. The monoisotopic (exact) mass is 392 g/mol. The molecule has 2 N–H and O–H groups in total. The van der Waals surface area contributed by atoms with Gasteiger partial charge in [0.2, 0.25) is 11.8 Å². The van der Waals surface area contributed by atoms with E-state index in [4.69, 9.17) is 11.6 Å². The van der Waals surface area contributed by atoms with E-state index in [1.54, 1.807) is 24.3 Å². The summed E-state index contributed by atoms with van der Waals surface area (Å²) in [7, 11) is -3.82. The van der Waals surface area contributed by atoms with Crippen molar-refractivity contribution in [3.63, 3.8) is 0 Å². The van der Waals surface area contributed by atoms with Gasteiger partial charge < -0.3 is 10.6 Å². The molecular formula is C18H17ClN2O4S. The van der Waals surface area contributed by atoms with Gasteiger partial charge in [0, 0.05) is 23.3 Å². The molecule has 0 bridgehead atoms. The van der Waals surface area contributed by atoms with Gasteiger partial charge in [-0.1, -0.05) is 11.6 Å². The summed E-state index contributed by atoms with van der Waals surface area (Å²) in [5.74, 6) is -0.757. The van der Waals surface area contributed by atoms with Crippen LogP contribution < -0.4 is 10.6 Å². The fourth-order valence-electron chi connectivity index (χ4n) is 2.66. The maximum absolute atomic E-state index is 12.9. The molecule has 1 saturated carbocycles. The summed E-state index contributed by atoms with van der Waals surface area (Å²) in [4.78, 5) is 23.8. The Hall–Kier alpha value is -2.38. The first-order valence-electron chi connectivity index (χ1n) is 7.94. The Balaban J connectivity index is 1.78. The van der Waals surface area contributed by atoms with Crippen molar-refractivity contribution in [2.75, 3.05) is 10.6 Å². The highest BCUT2D eigenvalue weighted by atomic mass is 35.5. The number of carbonyl (C=O) groups excluding carboxylic acids is 2. The molecule has 0 aliphatic heterocycles. The van der Waals surface area contributed by atoms with E-state index in [1.165, 1.54) is 31.2 Å². The first-order chi connectivity index (χ1) is 12.2. The summed E-state index contributed by atoms with van der Waals surface area (Å²) in [5, 5.41) is 5.70. The van der Waals surface area contributed by atoms with Crippen LogP contribution >= 0.6 is 11.6 Å². The lowest BCUT2D eigenvalue weighted by atomic mass is 10.2. The Morgan fingerprint density at radius 1 is 0.923 bits per heavy atom. The molecule has 1 fully saturated rings. The number of carbonyl (C=O) groups is 2. The van der Waals surface area contributed by atoms with Gasteiger partial charge in [-0.05, 0) is 61.4 Å². The van der Waals surface area contributed by atoms with E-state index < -0.39 is 20.5 Å². The lowest BCUT2D eigenvalue weighted by Gasteiger charge is -2.16. The van der Waals surface area contributed by atoms with Gasteiger partial charge in [0.15, 0.2) is 14.6 Å². The number of halogens is 1. The van der Waals surface area contributed by atoms with E-state index in [1.807, 2.05) is 0 Å². The third-order valence-electron chi connectivity index (χ3n) is 4.22. The zero-order valence-corrected chi connectivity index (χ0v) is 15.5. The van der Waals surface area contributed by atoms with Crippen molar-refractivity contribution in [1.29, 1.82) is 0 Å². The molecule has 2 aromatic rings. The van der Waals surface area contributed by atoms with Crippen LogP contribution in [0.5, 0.6) is 0 Å². The Kier molecular flexibility index (Phi) is 4.77. The van der Waals surface area contributed by atoms with Crippen molar-refractivity contribution < 1.29 is 18.0 Å². The quantitative estimate of drug-likeness (QED) is 0.816. The standard InChI is InChI=1S/C18H17ClN2O4S/c1-12(22)20-14-4-6-15(7-5-14)21-17(23)18(10-11-18)26(24,25)16-8-2-13(19)3-9-16/h2-9H,10-11H2,1H3,(H,20,22)(H,21,23). The van der Waals surface area contributed by atoms with E-state index in [9.17, 15) is 18.0 Å². The van der Waals surface area contributed by atoms with Crippen LogP contribution in [0.2, 0.25) is 5.02 Å². The highest BCUT2D eigenvalue weighted by Gasteiger charge is 2.61. The second-order valence-electron chi connectivity index (χ2n) is 6.16. The summed E-state index contributed by atoms with van der Waals surface area (Å²) < 4.78 is 24.3. The largest absolute Gasteiger partial charge is 0.326 e. The number of hydrogen-bond donors (Lipinski definition) is 2. The molecule has 3 rings (SSSR count). The van der Waals surface area contributed by atoms with Gasteiger partial charge in [-0.25, -0.2) is 8.42 Å². The van der Waals surface area contributed by atoms with E-state index >= 15 is 0 Å². The van der Waals surface area contributed by atoms with Crippen LogP contribution in [0.4, 0.5) is 11.4 Å². The molecule has 0 spiro atoms. The van der Waals surface area contributed by atoms with Gasteiger partial charge in [-0.2, -0.15) is 0 Å². The Morgan fingerprint density at radius 3 is 1.88 bits per heavy atom. The fourth-order valence-corrected chi connectivity index (χ4v) is 4.66. The number of amides is 2. The third kappa shape index (κ3) is 3.45. The average molecular weight is 393 g/mol. The number of anilines is 2. The molecule has 0 heterocycles. The Labute approximate surface area is 156 Å². The molecule has 0 aromatic heterocycles. The predicted molar refractivity (Wildman–Crippen MR) is 100.0 cm³/mol. The smallest absolute Gasteiger partial charge is 0.246 e. The first-order valence-corrected chi connectivity index (χ1v) is 9.80. The van der Waals surface area contributed by atoms with Gasteiger partial charge in [0.25, 0.3) is 0 Å². The molecule has 0 atom stereocenters. The molecular weight excluding hydrogens is 376 g/mol. The maximum atomic E-state index is 12.9. The minimum absolute atomic E-state index is 0.0792. The number of benzene rings is 2. The van der Waals surface area contributed by atoms with Gasteiger partial charge >= 0.3 is 0 Å². The van der Waals surface area contributed by atoms with Crippen LogP contribution in [0.1, 0.15) is 19.8 Å². The molecule has 0 radical (unpaired) electrons. The van der Waals surface area contributed by atoms with Crippen molar-refractivity contribution in [1.82, 2.24) is 0 Å². The number of sulfone groups is 1. The van der Waals surface area contributed by atoms with Crippen LogP contribution in [0.15, 0.2) is 53.4 Å². The average Bonchev–Trinajstić information content (AvgIpc) is 3.39. The lowest BCUT2D eigenvalue weighted by Crippen LogP contribution is -2.37. The molecule has 0 saturated heterocycles. The minimum Gasteiger partial charge on any atom is -0.326 e. The molecule has 2 aromatic carbocycles. The molecule has 8 heteroatoms. The Morgan fingerprint density at radius 2 is 1.42 bits per heavy atom. The number of rotatable bonds is 5. The first kappa shape index (κ1) is 18.4. The molecule has 2 amide bonds. The molecule has 1 aliphatic rings. The zero-order chi connectivity index (χ0) is 18.9. The van der Waals surface area contributed by atoms with Crippen molar-refractivity contribution in [2.24, 2.45) is 0 Å². The zero-order valence-electron chi connectivity index (χ0n) is 14.0. The summed E-state index contributed by atoms with van der Waals surface area (Å²) in [6.07, 6.45) is 0.543. The number of hydrogen-bond acceptors (Lipinski definition) is 4. The summed E-state index contributed by atoms with van der Waals surface area (Å²) in [5.41, 5.74) is 1.05. The summed E-state index contributed by atoms with van der Waals surface area (Å²) >= 11 is 5.81. The van der Waals surface area contributed by atoms with E-state index in [0.29, 0.717) is 16.4 Å². The van der Waals surface area contributed by atoms with Gasteiger partial charge in [0.1, 0.15) is 0 Å². The SMILES string of the molecule is CC(=O)Nc1ccc(NC(=O)C2(S(=O)(=O)c3ccc(Cl)cc3)CC2)cc1. The summed E-state index contributed by atoms with van der Waals surface area (Å²) in [6, 6.07) is 12.3. The van der Waals surface area contributed by atoms with E-state index in [-0.39, 0.29) is 23.6 Å². The van der Waals surface area contributed by atoms with Crippen LogP contribution in [0, 0.1) is 0 Å². The van der Waals surface area contributed by atoms with Crippen LogP contribution in [-0.4, -0.2) is 25.0 Å². The molecule has 136 valence electrons. The van der Waals surface area contributed by atoms with Gasteiger partial charge in [-0.15, -0.1) is 0 Å². The maximum Gasteiger partial charge on any atom is 0.246 e. The van der Waals surface area contributed by atoms with Crippen molar-refractivity contribution in [2.45, 2.75) is 29.4 Å². The topological polar surface area (TPSA) is 92.3 Å². The lowest BCUT2D eigenvalue weighted by molar-refractivity contribution is -0.116. The van der Waals surface area contributed by atoms with Crippen molar-refractivity contribution >= 4 is 44.6 Å². The second-order valence-corrected chi connectivity index (χ2v) is 8.86. The third-order valence-corrected chi connectivity index (χ3v) is 6.99. The Bertz CT molecular complexity index is 950. The second kappa shape index (κ2) is 6.74. The normalized spacial score (nSPS) is 15.2. The minimum atomic E-state index is -3.82. The van der Waals surface area contributed by atoms with Gasteiger partial charge in [0.05, 0.1) is 4.90 Å². The van der Waals surface area contributed by atoms with Crippen molar-refractivity contribution in [3.8, 4) is 0 Å². The highest BCUT2D eigenvalue weighted by molar-refractivity contribution is 7.94. The van der Waals surface area contributed by atoms with Crippen molar-refractivity contribution in [3.05, 3.63) is 53.6 Å². The molecule has 1 aliphatic carbocycles. The van der Waals surface area contributed by atoms with Gasteiger partial charge in [-0.3, -0.25) is 9.59 Å². The van der Waals surface area contributed by atoms with E-state index in [0.717, 1.165) is 0 Å². The molecule has 0 unspecified atom stereocenters. The van der Waals surface area contributed by atoms with Crippen LogP contribution in [0.25, 0.3) is 0 Å². The summed E-state index contributed by atoms with van der Waals surface area (Å²) in [6.45, 7) is 1.40. The van der Waals surface area contributed by atoms with Crippen LogP contribution in [0.3, 0.4) is 0 Å². The fraction of sp³-hybridized carbons (Fsp3) is 0.222. The molecule has 6 nitrogen and oxygen atoms in total. The van der Waals surface area contributed by atoms with E-state index in [2.05, 4.69) is 10.6 Å². The van der Waals surface area contributed by atoms with Crippen LogP contribution in [-0.2, 0) is 19.4 Å². The number of nitrogens with one attached hydrogen (secondary N) is 2.